The summed E-state index contributed by atoms with van der Waals surface area (Å²) < 4.78 is 31.1. The number of aromatic nitrogens is 1. The fourth-order valence-electron chi connectivity index (χ4n) is 3.59. The lowest BCUT2D eigenvalue weighted by Gasteiger charge is -2.18. The molecule has 0 saturated heterocycles. The van der Waals surface area contributed by atoms with Crippen molar-refractivity contribution in [2.75, 3.05) is 13.2 Å². The molecule has 0 aliphatic carbocycles. The van der Waals surface area contributed by atoms with E-state index in [0.717, 1.165) is 21.1 Å². The fraction of sp³-hybridized carbons (Fsp3) is 0.429. The number of carbonyl (C=O) groups excluding carboxylic acids is 1. The molecule has 0 fully saturated rings. The second-order valence-corrected chi connectivity index (χ2v) is 10.4. The van der Waals surface area contributed by atoms with Crippen LogP contribution in [0, 0.1) is 12.7 Å². The molecule has 1 unspecified atom stereocenters. The molecule has 0 bridgehead atoms. The van der Waals surface area contributed by atoms with Gasteiger partial charge in [0.05, 0.1) is 17.2 Å². The van der Waals surface area contributed by atoms with Gasteiger partial charge >= 0.3 is 5.97 Å². The zero-order valence-corrected chi connectivity index (χ0v) is 22.1. The van der Waals surface area contributed by atoms with Gasteiger partial charge in [-0.2, -0.15) is 0 Å². The minimum absolute atomic E-state index is 0.0959. The summed E-state index contributed by atoms with van der Waals surface area (Å²) in [6.07, 6.45) is -0.531. The van der Waals surface area contributed by atoms with E-state index in [9.17, 15) is 9.18 Å². The molecule has 7 heteroatoms. The SMILES string of the molecule is CCOC(=O)C(Cc1ccc(OCc2sc(-c3ccc(C(C)(C)C)cc3)nc2C)c(F)c1)OCC. The Kier molecular flexibility index (Phi) is 9.03. The molecular formula is C28H34FNO4S. The summed E-state index contributed by atoms with van der Waals surface area (Å²) in [5, 5.41) is 0.915. The molecule has 3 aromatic rings. The monoisotopic (exact) mass is 499 g/mol. The first-order chi connectivity index (χ1) is 16.6. The van der Waals surface area contributed by atoms with Gasteiger partial charge in [0, 0.05) is 18.6 Å². The van der Waals surface area contributed by atoms with E-state index in [1.54, 1.807) is 37.3 Å². The van der Waals surface area contributed by atoms with Crippen LogP contribution in [0.25, 0.3) is 10.6 Å². The van der Waals surface area contributed by atoms with Crippen molar-refractivity contribution >= 4 is 17.3 Å². The molecule has 1 heterocycles. The van der Waals surface area contributed by atoms with Gasteiger partial charge in [-0.1, -0.05) is 51.1 Å². The minimum atomic E-state index is -0.762. The summed E-state index contributed by atoms with van der Waals surface area (Å²) in [6.45, 7) is 12.9. The number of ether oxygens (including phenoxy) is 3. The second kappa shape index (κ2) is 11.8. The van der Waals surface area contributed by atoms with Crippen molar-refractivity contribution in [1.82, 2.24) is 4.98 Å². The third-order valence-electron chi connectivity index (χ3n) is 5.58. The van der Waals surface area contributed by atoms with E-state index in [2.05, 4.69) is 45.0 Å². The quantitative estimate of drug-likeness (QED) is 0.293. The van der Waals surface area contributed by atoms with E-state index in [0.29, 0.717) is 12.2 Å². The van der Waals surface area contributed by atoms with E-state index in [1.165, 1.54) is 11.6 Å². The average molecular weight is 500 g/mol. The van der Waals surface area contributed by atoms with Crippen LogP contribution in [0.3, 0.4) is 0 Å². The van der Waals surface area contributed by atoms with E-state index in [1.807, 2.05) is 6.92 Å². The molecule has 0 saturated carbocycles. The number of hydrogen-bond donors (Lipinski definition) is 0. The van der Waals surface area contributed by atoms with E-state index < -0.39 is 17.9 Å². The van der Waals surface area contributed by atoms with Crippen molar-refractivity contribution in [2.24, 2.45) is 0 Å². The molecule has 0 amide bonds. The summed E-state index contributed by atoms with van der Waals surface area (Å²) in [5.74, 6) is -0.775. The Morgan fingerprint density at radius 3 is 2.40 bits per heavy atom. The number of hydrogen-bond acceptors (Lipinski definition) is 6. The van der Waals surface area contributed by atoms with Gasteiger partial charge in [0.15, 0.2) is 17.7 Å². The largest absolute Gasteiger partial charge is 0.485 e. The number of thiazole rings is 1. The Morgan fingerprint density at radius 2 is 1.80 bits per heavy atom. The van der Waals surface area contributed by atoms with Crippen molar-refractivity contribution in [3.05, 3.63) is 70.0 Å². The predicted molar refractivity (Wildman–Crippen MR) is 137 cm³/mol. The first kappa shape index (κ1) is 26.8. The van der Waals surface area contributed by atoms with Gasteiger partial charge in [0.25, 0.3) is 0 Å². The zero-order chi connectivity index (χ0) is 25.6. The van der Waals surface area contributed by atoms with Crippen molar-refractivity contribution in [3.8, 4) is 16.3 Å². The second-order valence-electron chi connectivity index (χ2n) is 9.31. The highest BCUT2D eigenvalue weighted by molar-refractivity contribution is 7.15. The normalized spacial score (nSPS) is 12.4. The molecule has 188 valence electrons. The lowest BCUT2D eigenvalue weighted by molar-refractivity contribution is -0.156. The summed E-state index contributed by atoms with van der Waals surface area (Å²) in [6, 6.07) is 13.2. The first-order valence-electron chi connectivity index (χ1n) is 11.9. The molecular weight excluding hydrogens is 465 g/mol. The van der Waals surface area contributed by atoms with Crippen LogP contribution in [0.5, 0.6) is 5.75 Å². The predicted octanol–water partition coefficient (Wildman–Crippen LogP) is 6.64. The van der Waals surface area contributed by atoms with Crippen molar-refractivity contribution < 1.29 is 23.4 Å². The molecule has 0 aliphatic rings. The van der Waals surface area contributed by atoms with Crippen LogP contribution in [-0.2, 0) is 32.7 Å². The molecule has 1 aromatic heterocycles. The molecule has 0 aliphatic heterocycles. The van der Waals surface area contributed by atoms with Gasteiger partial charge in [0.2, 0.25) is 0 Å². The third kappa shape index (κ3) is 7.12. The number of rotatable bonds is 10. The van der Waals surface area contributed by atoms with Gasteiger partial charge < -0.3 is 14.2 Å². The first-order valence-corrected chi connectivity index (χ1v) is 12.7. The van der Waals surface area contributed by atoms with Crippen LogP contribution in [0.1, 0.15) is 56.3 Å². The lowest BCUT2D eigenvalue weighted by atomic mass is 9.87. The Hall–Kier alpha value is -2.77. The molecule has 2 aromatic carbocycles. The standard InChI is InChI=1S/C28H34FNO4S/c1-7-32-24(27(31)33-8-2)16-19-9-14-23(22(29)15-19)34-17-25-18(3)30-26(35-25)20-10-12-21(13-11-20)28(4,5)6/h9-15,24H,7-8,16-17H2,1-6H3. The Balaban J connectivity index is 1.67. The van der Waals surface area contributed by atoms with Crippen LogP contribution in [0.15, 0.2) is 42.5 Å². The maximum atomic E-state index is 14.7. The van der Waals surface area contributed by atoms with E-state index >= 15 is 0 Å². The summed E-state index contributed by atoms with van der Waals surface area (Å²) in [7, 11) is 0. The molecule has 35 heavy (non-hydrogen) atoms. The highest BCUT2D eigenvalue weighted by atomic mass is 32.1. The molecule has 3 rings (SSSR count). The Morgan fingerprint density at radius 1 is 1.09 bits per heavy atom. The van der Waals surface area contributed by atoms with Crippen molar-refractivity contribution in [2.45, 2.75) is 66.1 Å². The number of nitrogens with zero attached hydrogens (tertiary/aromatic N) is 1. The maximum absolute atomic E-state index is 14.7. The smallest absolute Gasteiger partial charge is 0.335 e. The number of aryl methyl sites for hydroxylation is 1. The van der Waals surface area contributed by atoms with Gasteiger partial charge in [-0.25, -0.2) is 14.2 Å². The number of carbonyl (C=O) groups is 1. The third-order valence-corrected chi connectivity index (χ3v) is 6.76. The highest BCUT2D eigenvalue weighted by Crippen LogP contribution is 2.31. The average Bonchev–Trinajstić information content (AvgIpc) is 3.18. The highest BCUT2D eigenvalue weighted by Gasteiger charge is 2.21. The zero-order valence-electron chi connectivity index (χ0n) is 21.3. The van der Waals surface area contributed by atoms with Crippen LogP contribution in [0.4, 0.5) is 4.39 Å². The Bertz CT molecular complexity index is 1130. The number of halogens is 1. The Labute approximate surface area is 211 Å². The van der Waals surface area contributed by atoms with Crippen LogP contribution in [0.2, 0.25) is 0 Å². The molecule has 5 nitrogen and oxygen atoms in total. The van der Waals surface area contributed by atoms with Crippen LogP contribution in [-0.4, -0.2) is 30.3 Å². The van der Waals surface area contributed by atoms with Crippen LogP contribution < -0.4 is 4.74 Å². The van der Waals surface area contributed by atoms with Crippen molar-refractivity contribution in [3.63, 3.8) is 0 Å². The maximum Gasteiger partial charge on any atom is 0.335 e. The molecule has 0 N–H and O–H groups in total. The number of esters is 1. The molecule has 0 radical (unpaired) electrons. The van der Waals surface area contributed by atoms with Crippen LogP contribution >= 0.6 is 11.3 Å². The lowest BCUT2D eigenvalue weighted by Crippen LogP contribution is -2.29. The fourth-order valence-corrected chi connectivity index (χ4v) is 4.57. The summed E-state index contributed by atoms with van der Waals surface area (Å²) >= 11 is 1.55. The summed E-state index contributed by atoms with van der Waals surface area (Å²) in [4.78, 5) is 17.7. The molecule has 1 atom stereocenters. The van der Waals surface area contributed by atoms with Gasteiger partial charge in [0.1, 0.15) is 11.6 Å². The summed E-state index contributed by atoms with van der Waals surface area (Å²) in [5.41, 5.74) is 3.93. The topological polar surface area (TPSA) is 57.7 Å². The minimum Gasteiger partial charge on any atom is -0.485 e. The molecule has 0 spiro atoms. The van der Waals surface area contributed by atoms with E-state index in [4.69, 9.17) is 19.2 Å². The van der Waals surface area contributed by atoms with Gasteiger partial charge in [-0.05, 0) is 49.4 Å². The van der Waals surface area contributed by atoms with Crippen molar-refractivity contribution in [1.29, 1.82) is 0 Å². The number of benzene rings is 2. The van der Waals surface area contributed by atoms with E-state index in [-0.39, 0.29) is 30.8 Å². The van der Waals surface area contributed by atoms with Gasteiger partial charge in [-0.3, -0.25) is 0 Å². The van der Waals surface area contributed by atoms with Gasteiger partial charge in [-0.15, -0.1) is 11.3 Å².